The van der Waals surface area contributed by atoms with Crippen LogP contribution in [0.15, 0.2) is 82.9 Å². The highest BCUT2D eigenvalue weighted by molar-refractivity contribution is 6.00. The Morgan fingerprint density at radius 2 is 1.33 bits per heavy atom. The van der Waals surface area contributed by atoms with Crippen LogP contribution in [0.2, 0.25) is 0 Å². The van der Waals surface area contributed by atoms with Crippen molar-refractivity contribution in [1.82, 2.24) is 5.43 Å². The highest BCUT2D eigenvalue weighted by atomic mass is 19.1. The van der Waals surface area contributed by atoms with E-state index in [4.69, 9.17) is 0 Å². The molecule has 6 heteroatoms. The van der Waals surface area contributed by atoms with Crippen LogP contribution in [0.5, 0.6) is 0 Å². The Morgan fingerprint density at radius 3 is 1.96 bits per heavy atom. The molecule has 0 spiro atoms. The Labute approximate surface area is 154 Å². The van der Waals surface area contributed by atoms with Gasteiger partial charge in [-0.15, -0.1) is 0 Å². The van der Waals surface area contributed by atoms with Gasteiger partial charge < -0.3 is 0 Å². The van der Waals surface area contributed by atoms with Gasteiger partial charge in [-0.3, -0.25) is 9.79 Å². The second-order valence-electron chi connectivity index (χ2n) is 5.58. The van der Waals surface area contributed by atoms with Crippen LogP contribution in [0.4, 0.5) is 14.5 Å². The summed E-state index contributed by atoms with van der Waals surface area (Å²) in [5.74, 6) is -1.10. The number of benzene rings is 3. The fraction of sp³-hybridized carbons (Fsp3) is 0. The zero-order chi connectivity index (χ0) is 19.1. The average molecular weight is 363 g/mol. The predicted octanol–water partition coefficient (Wildman–Crippen LogP) is 4.48. The van der Waals surface area contributed by atoms with E-state index in [-0.39, 0.29) is 11.6 Å². The Balaban J connectivity index is 1.71. The van der Waals surface area contributed by atoms with Crippen molar-refractivity contribution in [1.29, 1.82) is 0 Å². The SMILES string of the molecule is O=C(N/N=C\c1ccc(F)cc1)c1ccccc1N=Cc1ccc(F)cc1. The highest BCUT2D eigenvalue weighted by Crippen LogP contribution is 2.18. The molecule has 0 unspecified atom stereocenters. The Morgan fingerprint density at radius 1 is 0.778 bits per heavy atom. The third kappa shape index (κ3) is 5.15. The molecule has 0 aromatic heterocycles. The maximum atomic E-state index is 13.0. The zero-order valence-corrected chi connectivity index (χ0v) is 14.1. The number of nitrogens with zero attached hydrogens (tertiary/aromatic N) is 2. The summed E-state index contributed by atoms with van der Waals surface area (Å²) in [7, 11) is 0. The van der Waals surface area contributed by atoms with E-state index in [1.54, 1.807) is 54.7 Å². The van der Waals surface area contributed by atoms with E-state index in [1.807, 2.05) is 0 Å². The van der Waals surface area contributed by atoms with Crippen molar-refractivity contribution in [3.63, 3.8) is 0 Å². The molecule has 0 aliphatic rings. The Bertz CT molecular complexity index is 981. The lowest BCUT2D eigenvalue weighted by atomic mass is 10.1. The summed E-state index contributed by atoms with van der Waals surface area (Å²) in [4.78, 5) is 16.7. The van der Waals surface area contributed by atoms with E-state index < -0.39 is 5.91 Å². The molecule has 4 nitrogen and oxygen atoms in total. The third-order valence-corrected chi connectivity index (χ3v) is 3.62. The summed E-state index contributed by atoms with van der Waals surface area (Å²) in [5.41, 5.74) is 4.58. The summed E-state index contributed by atoms with van der Waals surface area (Å²) < 4.78 is 25.8. The topological polar surface area (TPSA) is 53.8 Å². The molecule has 27 heavy (non-hydrogen) atoms. The van der Waals surface area contributed by atoms with Crippen molar-refractivity contribution in [3.05, 3.63) is 101 Å². The van der Waals surface area contributed by atoms with Crippen LogP contribution in [0.25, 0.3) is 0 Å². The van der Waals surface area contributed by atoms with Crippen molar-refractivity contribution in [2.45, 2.75) is 0 Å². The smallest absolute Gasteiger partial charge is 0.267 e. The highest BCUT2D eigenvalue weighted by Gasteiger charge is 2.09. The monoisotopic (exact) mass is 363 g/mol. The van der Waals surface area contributed by atoms with Crippen LogP contribution < -0.4 is 5.43 Å². The van der Waals surface area contributed by atoms with Crippen molar-refractivity contribution < 1.29 is 13.6 Å². The van der Waals surface area contributed by atoms with Gasteiger partial charge in [0.2, 0.25) is 0 Å². The number of amides is 1. The van der Waals surface area contributed by atoms with Crippen LogP contribution in [-0.4, -0.2) is 18.3 Å². The Kier molecular flexibility index (Phi) is 5.79. The second kappa shape index (κ2) is 8.62. The first-order valence-corrected chi connectivity index (χ1v) is 8.09. The van der Waals surface area contributed by atoms with Gasteiger partial charge in [0.15, 0.2) is 0 Å². The number of hydrogen-bond acceptors (Lipinski definition) is 3. The number of halogens is 2. The van der Waals surface area contributed by atoms with Gasteiger partial charge in [-0.1, -0.05) is 36.4 Å². The molecule has 0 fully saturated rings. The number of hydrogen-bond donors (Lipinski definition) is 1. The number of para-hydroxylation sites is 1. The zero-order valence-electron chi connectivity index (χ0n) is 14.1. The van der Waals surface area contributed by atoms with Gasteiger partial charge in [0.05, 0.1) is 17.5 Å². The normalized spacial score (nSPS) is 11.2. The van der Waals surface area contributed by atoms with E-state index in [1.165, 1.54) is 30.5 Å². The maximum Gasteiger partial charge on any atom is 0.273 e. The molecule has 1 amide bonds. The number of carbonyl (C=O) groups excluding carboxylic acids is 1. The maximum absolute atomic E-state index is 13.0. The summed E-state index contributed by atoms with van der Waals surface area (Å²) >= 11 is 0. The van der Waals surface area contributed by atoms with Crippen molar-refractivity contribution >= 4 is 24.0 Å². The van der Waals surface area contributed by atoms with Crippen molar-refractivity contribution in [2.24, 2.45) is 10.1 Å². The van der Waals surface area contributed by atoms with Crippen LogP contribution in [0.1, 0.15) is 21.5 Å². The van der Waals surface area contributed by atoms with Gasteiger partial charge in [0.25, 0.3) is 5.91 Å². The van der Waals surface area contributed by atoms with Gasteiger partial charge in [-0.2, -0.15) is 5.10 Å². The van der Waals surface area contributed by atoms with Crippen molar-refractivity contribution in [2.75, 3.05) is 0 Å². The number of aliphatic imine (C=N–C) groups is 1. The van der Waals surface area contributed by atoms with Gasteiger partial charge in [0.1, 0.15) is 11.6 Å². The number of carbonyl (C=O) groups is 1. The summed E-state index contributed by atoms with van der Waals surface area (Å²) in [6.45, 7) is 0. The lowest BCUT2D eigenvalue weighted by molar-refractivity contribution is 0.0956. The molecular weight excluding hydrogens is 348 g/mol. The first-order valence-electron chi connectivity index (χ1n) is 8.09. The molecule has 0 saturated heterocycles. The molecular formula is C21H15F2N3O. The lowest BCUT2D eigenvalue weighted by Crippen LogP contribution is -2.17. The van der Waals surface area contributed by atoms with Crippen molar-refractivity contribution in [3.8, 4) is 0 Å². The van der Waals surface area contributed by atoms with E-state index in [9.17, 15) is 13.6 Å². The second-order valence-corrected chi connectivity index (χ2v) is 5.58. The van der Waals surface area contributed by atoms with E-state index in [0.29, 0.717) is 22.4 Å². The Hall–Kier alpha value is -3.67. The molecule has 3 rings (SSSR count). The van der Waals surface area contributed by atoms with E-state index in [0.717, 1.165) is 0 Å². The number of nitrogens with one attached hydrogen (secondary N) is 1. The molecule has 0 aliphatic carbocycles. The van der Waals surface area contributed by atoms with Crippen LogP contribution in [0.3, 0.4) is 0 Å². The molecule has 0 saturated carbocycles. The van der Waals surface area contributed by atoms with Gasteiger partial charge in [-0.05, 0) is 47.5 Å². The standard InChI is InChI=1S/C21H15F2N3O/c22-17-9-5-15(6-10-17)13-24-20-4-2-1-3-19(20)21(27)26-25-14-16-7-11-18(23)12-8-16/h1-14H,(H,26,27)/b24-13?,25-14-. The molecule has 3 aromatic rings. The number of rotatable bonds is 5. The minimum absolute atomic E-state index is 0.328. The van der Waals surface area contributed by atoms with Gasteiger partial charge in [0, 0.05) is 6.21 Å². The first kappa shape index (κ1) is 18.1. The summed E-state index contributed by atoms with van der Waals surface area (Å²) in [6.07, 6.45) is 2.97. The molecule has 0 bridgehead atoms. The molecule has 0 aliphatic heterocycles. The quantitative estimate of drug-likeness (QED) is 0.527. The largest absolute Gasteiger partial charge is 0.273 e. The van der Waals surface area contributed by atoms with Crippen LogP contribution >= 0.6 is 0 Å². The van der Waals surface area contributed by atoms with E-state index in [2.05, 4.69) is 15.5 Å². The number of hydrazone groups is 1. The molecule has 0 atom stereocenters. The van der Waals surface area contributed by atoms with Gasteiger partial charge in [-0.25, -0.2) is 14.2 Å². The van der Waals surface area contributed by atoms with E-state index >= 15 is 0 Å². The molecule has 3 aromatic carbocycles. The first-order chi connectivity index (χ1) is 13.1. The van der Waals surface area contributed by atoms with Crippen LogP contribution in [-0.2, 0) is 0 Å². The summed E-state index contributed by atoms with van der Waals surface area (Å²) in [6, 6.07) is 18.4. The predicted molar refractivity (Wildman–Crippen MR) is 102 cm³/mol. The molecule has 0 radical (unpaired) electrons. The summed E-state index contributed by atoms with van der Waals surface area (Å²) in [5, 5.41) is 3.88. The third-order valence-electron chi connectivity index (χ3n) is 3.62. The fourth-order valence-electron chi connectivity index (χ4n) is 2.25. The minimum Gasteiger partial charge on any atom is -0.267 e. The van der Waals surface area contributed by atoms with Gasteiger partial charge >= 0.3 is 0 Å². The fourth-order valence-corrected chi connectivity index (χ4v) is 2.25. The lowest BCUT2D eigenvalue weighted by Gasteiger charge is -2.04. The molecule has 134 valence electrons. The average Bonchev–Trinajstić information content (AvgIpc) is 2.69. The minimum atomic E-state index is -0.430. The van der Waals surface area contributed by atoms with Crippen LogP contribution in [0, 0.1) is 11.6 Å². The molecule has 0 heterocycles. The molecule has 1 N–H and O–H groups in total.